The number of furan rings is 1. The van der Waals surface area contributed by atoms with E-state index in [4.69, 9.17) is 10.2 Å². The summed E-state index contributed by atoms with van der Waals surface area (Å²) in [6.45, 7) is 9.49. The lowest BCUT2D eigenvalue weighted by Gasteiger charge is -2.20. The Morgan fingerprint density at radius 1 is 1.30 bits per heavy atom. The van der Waals surface area contributed by atoms with E-state index >= 15 is 0 Å². The summed E-state index contributed by atoms with van der Waals surface area (Å²) in [5, 5.41) is 1.07. The minimum atomic E-state index is -0.00375. The van der Waals surface area contributed by atoms with Crippen molar-refractivity contribution >= 4 is 29.3 Å². The maximum absolute atomic E-state index is 12.9. The molecular formula is C18H25ClN2O2. The van der Waals surface area contributed by atoms with E-state index in [9.17, 15) is 4.79 Å². The lowest BCUT2D eigenvalue weighted by atomic mass is 10.0. The molecule has 1 aliphatic heterocycles. The second-order valence-electron chi connectivity index (χ2n) is 6.60. The van der Waals surface area contributed by atoms with Gasteiger partial charge in [0.15, 0.2) is 5.76 Å². The lowest BCUT2D eigenvalue weighted by molar-refractivity contribution is 0.0712. The van der Waals surface area contributed by atoms with Crippen LogP contribution in [-0.4, -0.2) is 29.9 Å². The quantitative estimate of drug-likeness (QED) is 0.911. The highest BCUT2D eigenvalue weighted by Gasteiger charge is 2.34. The molecule has 126 valence electrons. The Labute approximate surface area is 143 Å². The summed E-state index contributed by atoms with van der Waals surface area (Å²) in [5.41, 5.74) is 9.77. The first kappa shape index (κ1) is 17.8. The predicted octanol–water partition coefficient (Wildman–Crippen LogP) is 3.59. The van der Waals surface area contributed by atoms with E-state index < -0.39 is 0 Å². The van der Waals surface area contributed by atoms with Crippen molar-refractivity contribution in [3.8, 4) is 0 Å². The monoisotopic (exact) mass is 336 g/mol. The van der Waals surface area contributed by atoms with Crippen LogP contribution in [0.2, 0.25) is 0 Å². The molecule has 1 amide bonds. The van der Waals surface area contributed by atoms with Gasteiger partial charge in [0.05, 0.1) is 0 Å². The van der Waals surface area contributed by atoms with Crippen LogP contribution in [0.3, 0.4) is 0 Å². The number of hydrogen-bond acceptors (Lipinski definition) is 3. The standard InChI is InChI=1S/C18H24N2O2.ClH/c1-10-5-6-11(2)16-15(10)13(4)17(22-16)18(21)20-9-14(8-19)7-12(20)3;/h5-6,12,14H,7-9,19H2,1-4H3;1H. The van der Waals surface area contributed by atoms with Crippen molar-refractivity contribution in [3.05, 3.63) is 34.6 Å². The summed E-state index contributed by atoms with van der Waals surface area (Å²) in [5.74, 6) is 0.875. The minimum absolute atomic E-state index is 0. The predicted molar refractivity (Wildman–Crippen MR) is 95.3 cm³/mol. The molecule has 1 aliphatic rings. The molecule has 0 saturated carbocycles. The molecule has 23 heavy (non-hydrogen) atoms. The van der Waals surface area contributed by atoms with E-state index in [-0.39, 0.29) is 24.4 Å². The van der Waals surface area contributed by atoms with Crippen molar-refractivity contribution < 1.29 is 9.21 Å². The van der Waals surface area contributed by atoms with Crippen molar-refractivity contribution in [2.75, 3.05) is 13.1 Å². The van der Waals surface area contributed by atoms with Crippen molar-refractivity contribution in [2.24, 2.45) is 11.7 Å². The highest BCUT2D eigenvalue weighted by atomic mass is 35.5. The number of carbonyl (C=O) groups excluding carboxylic acids is 1. The van der Waals surface area contributed by atoms with Crippen molar-refractivity contribution in [1.82, 2.24) is 4.90 Å². The van der Waals surface area contributed by atoms with Gasteiger partial charge in [0.25, 0.3) is 5.91 Å². The highest BCUT2D eigenvalue weighted by molar-refractivity contribution is 6.00. The Kier molecular flexibility index (Phi) is 5.07. The maximum Gasteiger partial charge on any atom is 0.290 e. The highest BCUT2D eigenvalue weighted by Crippen LogP contribution is 2.33. The number of hydrogen-bond donors (Lipinski definition) is 1. The van der Waals surface area contributed by atoms with E-state index in [0.717, 1.165) is 40.6 Å². The molecule has 0 bridgehead atoms. The average molecular weight is 337 g/mol. The van der Waals surface area contributed by atoms with Crippen LogP contribution in [0.5, 0.6) is 0 Å². The van der Waals surface area contributed by atoms with Crippen LogP contribution < -0.4 is 5.73 Å². The zero-order valence-electron chi connectivity index (χ0n) is 14.2. The minimum Gasteiger partial charge on any atom is -0.450 e. The van der Waals surface area contributed by atoms with Gasteiger partial charge in [-0.2, -0.15) is 0 Å². The fourth-order valence-corrected chi connectivity index (χ4v) is 3.61. The molecule has 2 N–H and O–H groups in total. The summed E-state index contributed by atoms with van der Waals surface area (Å²) >= 11 is 0. The zero-order chi connectivity index (χ0) is 16.0. The number of rotatable bonds is 2. The SMILES string of the molecule is Cc1ccc(C)c2c(C)c(C(=O)N3CC(CN)CC3C)oc12.Cl. The number of halogens is 1. The number of aryl methyl sites for hydroxylation is 3. The van der Waals surface area contributed by atoms with Crippen molar-refractivity contribution in [2.45, 2.75) is 40.2 Å². The fraction of sp³-hybridized carbons (Fsp3) is 0.500. The Morgan fingerprint density at radius 3 is 2.52 bits per heavy atom. The zero-order valence-corrected chi connectivity index (χ0v) is 15.0. The number of amides is 1. The fourth-order valence-electron chi connectivity index (χ4n) is 3.61. The van der Waals surface area contributed by atoms with Gasteiger partial charge in [-0.3, -0.25) is 4.79 Å². The molecular weight excluding hydrogens is 312 g/mol. The van der Waals surface area contributed by atoms with Crippen molar-refractivity contribution in [1.29, 1.82) is 0 Å². The molecule has 0 radical (unpaired) electrons. The number of carbonyl (C=O) groups is 1. The number of fused-ring (bicyclic) bond motifs is 1. The van der Waals surface area contributed by atoms with Crippen LogP contribution >= 0.6 is 12.4 Å². The Balaban J connectivity index is 0.00000192. The second-order valence-corrected chi connectivity index (χ2v) is 6.60. The van der Waals surface area contributed by atoms with E-state index in [1.54, 1.807) is 0 Å². The van der Waals surface area contributed by atoms with Crippen LogP contribution in [0.15, 0.2) is 16.5 Å². The molecule has 0 spiro atoms. The first-order valence-corrected chi connectivity index (χ1v) is 7.94. The average Bonchev–Trinajstić information content (AvgIpc) is 3.04. The van der Waals surface area contributed by atoms with Gasteiger partial charge in [0.1, 0.15) is 5.58 Å². The van der Waals surface area contributed by atoms with Gasteiger partial charge in [-0.05, 0) is 57.7 Å². The van der Waals surface area contributed by atoms with Gasteiger partial charge in [0.2, 0.25) is 0 Å². The van der Waals surface area contributed by atoms with Gasteiger partial charge >= 0.3 is 0 Å². The van der Waals surface area contributed by atoms with Crippen molar-refractivity contribution in [3.63, 3.8) is 0 Å². The smallest absolute Gasteiger partial charge is 0.290 e. The van der Waals surface area contributed by atoms with Crippen LogP contribution in [0.25, 0.3) is 11.0 Å². The third-order valence-corrected chi connectivity index (χ3v) is 4.93. The normalized spacial score (nSPS) is 20.8. The third kappa shape index (κ3) is 2.86. The largest absolute Gasteiger partial charge is 0.450 e. The Bertz CT molecular complexity index is 738. The van der Waals surface area contributed by atoms with Crippen LogP contribution in [0.1, 0.15) is 40.6 Å². The molecule has 1 saturated heterocycles. The van der Waals surface area contributed by atoms with Gasteiger partial charge in [-0.1, -0.05) is 12.1 Å². The third-order valence-electron chi connectivity index (χ3n) is 4.93. The van der Waals surface area contributed by atoms with E-state index in [0.29, 0.717) is 18.2 Å². The molecule has 2 atom stereocenters. The van der Waals surface area contributed by atoms with E-state index in [1.165, 1.54) is 0 Å². The van der Waals surface area contributed by atoms with E-state index in [2.05, 4.69) is 19.9 Å². The molecule has 1 aromatic carbocycles. The molecule has 4 nitrogen and oxygen atoms in total. The molecule has 1 aromatic heterocycles. The Hall–Kier alpha value is -1.52. The van der Waals surface area contributed by atoms with Gasteiger partial charge in [0, 0.05) is 23.5 Å². The molecule has 2 heterocycles. The Morgan fingerprint density at radius 2 is 1.96 bits per heavy atom. The topological polar surface area (TPSA) is 59.5 Å². The molecule has 0 aliphatic carbocycles. The van der Waals surface area contributed by atoms with Gasteiger partial charge < -0.3 is 15.1 Å². The number of benzene rings is 1. The number of likely N-dealkylation sites (tertiary alicyclic amines) is 1. The maximum atomic E-state index is 12.9. The first-order valence-electron chi connectivity index (χ1n) is 7.94. The molecule has 2 aromatic rings. The second kappa shape index (κ2) is 6.54. The number of nitrogens with two attached hydrogens (primary N) is 1. The van der Waals surface area contributed by atoms with Crippen LogP contribution in [0, 0.1) is 26.7 Å². The summed E-state index contributed by atoms with van der Waals surface area (Å²) < 4.78 is 5.98. The number of nitrogens with zero attached hydrogens (tertiary/aromatic N) is 1. The first-order chi connectivity index (χ1) is 10.4. The summed E-state index contributed by atoms with van der Waals surface area (Å²) in [6, 6.07) is 4.34. The summed E-state index contributed by atoms with van der Waals surface area (Å²) in [7, 11) is 0. The molecule has 2 unspecified atom stereocenters. The lowest BCUT2D eigenvalue weighted by Crippen LogP contribution is -2.34. The summed E-state index contributed by atoms with van der Waals surface area (Å²) in [6.07, 6.45) is 0.972. The summed E-state index contributed by atoms with van der Waals surface area (Å²) in [4.78, 5) is 14.8. The molecule has 5 heteroatoms. The molecule has 3 rings (SSSR count). The van der Waals surface area contributed by atoms with Crippen LogP contribution in [-0.2, 0) is 0 Å². The van der Waals surface area contributed by atoms with Gasteiger partial charge in [-0.25, -0.2) is 0 Å². The van der Waals surface area contributed by atoms with E-state index in [1.807, 2.05) is 24.8 Å². The molecule has 1 fully saturated rings. The van der Waals surface area contributed by atoms with Gasteiger partial charge in [-0.15, -0.1) is 12.4 Å². The van der Waals surface area contributed by atoms with Crippen LogP contribution in [0.4, 0.5) is 0 Å².